The van der Waals surface area contributed by atoms with Gasteiger partial charge in [-0.25, -0.2) is 9.18 Å². The summed E-state index contributed by atoms with van der Waals surface area (Å²) in [5, 5.41) is 8.99. The van der Waals surface area contributed by atoms with Crippen LogP contribution in [0, 0.1) is 11.7 Å². The van der Waals surface area contributed by atoms with Gasteiger partial charge in [-0.1, -0.05) is 25.1 Å². The molecule has 2 aliphatic rings. The summed E-state index contributed by atoms with van der Waals surface area (Å²) < 4.78 is 19.5. The highest BCUT2D eigenvalue weighted by molar-refractivity contribution is 5.83. The number of nitrogens with zero attached hydrogens (tertiary/aromatic N) is 1. The lowest BCUT2D eigenvalue weighted by atomic mass is 10.00. The minimum atomic E-state index is -1.04. The summed E-state index contributed by atoms with van der Waals surface area (Å²) in [5.41, 5.74) is 0.512. The molecule has 1 amide bonds. The van der Waals surface area contributed by atoms with Gasteiger partial charge in [0.05, 0.1) is 6.04 Å². The van der Waals surface area contributed by atoms with Crippen molar-refractivity contribution in [1.82, 2.24) is 4.90 Å². The van der Waals surface area contributed by atoms with Crippen molar-refractivity contribution in [3.63, 3.8) is 0 Å². The SMILES string of the molecule is CC1CC(c2ccccc2F)N(C(=O)[C@@H]2CC[C@H](C(=O)O)O2)C1. The van der Waals surface area contributed by atoms with Gasteiger partial charge in [-0.15, -0.1) is 0 Å². The highest BCUT2D eigenvalue weighted by atomic mass is 19.1. The first kappa shape index (κ1) is 15.9. The van der Waals surface area contributed by atoms with Crippen LogP contribution < -0.4 is 0 Å². The molecule has 5 nitrogen and oxygen atoms in total. The number of likely N-dealkylation sites (tertiary alicyclic amines) is 1. The standard InChI is InChI=1S/C17H20FNO4/c1-10-8-13(11-4-2-3-5-12(11)18)19(9-10)16(20)14-6-7-15(23-14)17(21)22/h2-5,10,13-15H,6-9H2,1H3,(H,21,22)/t10?,13?,14-,15+/m0/s1. The van der Waals surface area contributed by atoms with Crippen LogP contribution in [0.2, 0.25) is 0 Å². The normalized spacial score (nSPS) is 30.6. The molecule has 2 unspecified atom stereocenters. The minimum Gasteiger partial charge on any atom is -0.479 e. The Bertz CT molecular complexity index is 620. The van der Waals surface area contributed by atoms with Gasteiger partial charge in [0, 0.05) is 12.1 Å². The monoisotopic (exact) mass is 321 g/mol. The predicted molar refractivity (Wildman–Crippen MR) is 80.2 cm³/mol. The highest BCUT2D eigenvalue weighted by Crippen LogP contribution is 2.38. The van der Waals surface area contributed by atoms with Gasteiger partial charge in [0.25, 0.3) is 5.91 Å². The number of hydrogen-bond acceptors (Lipinski definition) is 3. The Morgan fingerprint density at radius 3 is 2.61 bits per heavy atom. The fourth-order valence-corrected chi connectivity index (χ4v) is 3.52. The van der Waals surface area contributed by atoms with E-state index in [1.54, 1.807) is 23.1 Å². The largest absolute Gasteiger partial charge is 0.479 e. The van der Waals surface area contributed by atoms with E-state index in [-0.39, 0.29) is 23.7 Å². The maximum atomic E-state index is 14.1. The van der Waals surface area contributed by atoms with E-state index in [4.69, 9.17) is 9.84 Å². The first-order valence-electron chi connectivity index (χ1n) is 7.90. The quantitative estimate of drug-likeness (QED) is 0.928. The number of carbonyl (C=O) groups excluding carboxylic acids is 1. The second kappa shape index (κ2) is 6.28. The van der Waals surface area contributed by atoms with E-state index in [1.165, 1.54) is 6.07 Å². The van der Waals surface area contributed by atoms with Crippen molar-refractivity contribution >= 4 is 11.9 Å². The lowest BCUT2D eigenvalue weighted by molar-refractivity contribution is -0.155. The summed E-state index contributed by atoms with van der Waals surface area (Å²) >= 11 is 0. The molecule has 124 valence electrons. The third-order valence-electron chi connectivity index (χ3n) is 4.63. The molecule has 1 N–H and O–H groups in total. The smallest absolute Gasteiger partial charge is 0.332 e. The summed E-state index contributed by atoms with van der Waals surface area (Å²) in [6, 6.07) is 6.17. The molecule has 6 heteroatoms. The van der Waals surface area contributed by atoms with Crippen molar-refractivity contribution in [2.24, 2.45) is 5.92 Å². The average molecular weight is 321 g/mol. The number of carbonyl (C=O) groups is 2. The molecule has 2 aliphatic heterocycles. The predicted octanol–water partition coefficient (Wildman–Crippen LogP) is 2.37. The van der Waals surface area contributed by atoms with E-state index in [0.29, 0.717) is 31.4 Å². The zero-order chi connectivity index (χ0) is 16.6. The first-order valence-corrected chi connectivity index (χ1v) is 7.90. The Hall–Kier alpha value is -1.95. The Kier molecular flexibility index (Phi) is 4.35. The molecule has 0 aliphatic carbocycles. The third kappa shape index (κ3) is 3.08. The molecule has 0 spiro atoms. The molecule has 0 saturated carbocycles. The molecule has 3 rings (SSSR count). The number of ether oxygens (including phenoxy) is 1. The Morgan fingerprint density at radius 1 is 1.26 bits per heavy atom. The van der Waals surface area contributed by atoms with E-state index in [2.05, 4.69) is 0 Å². The third-order valence-corrected chi connectivity index (χ3v) is 4.63. The number of aliphatic carboxylic acids is 1. The van der Waals surface area contributed by atoms with Crippen molar-refractivity contribution in [1.29, 1.82) is 0 Å². The maximum absolute atomic E-state index is 14.1. The van der Waals surface area contributed by atoms with Gasteiger partial charge in [0.2, 0.25) is 0 Å². The number of halogens is 1. The second-order valence-corrected chi connectivity index (χ2v) is 6.40. The number of carboxylic acid groups (broad SMARTS) is 1. The molecule has 2 fully saturated rings. The Balaban J connectivity index is 1.79. The van der Waals surface area contributed by atoms with Crippen LogP contribution in [0.1, 0.15) is 37.8 Å². The van der Waals surface area contributed by atoms with Gasteiger partial charge in [-0.3, -0.25) is 4.79 Å². The number of benzene rings is 1. The molecule has 1 aromatic carbocycles. The molecule has 1 aromatic rings. The number of hydrogen-bond donors (Lipinski definition) is 1. The molecule has 2 heterocycles. The summed E-state index contributed by atoms with van der Waals surface area (Å²) in [6.45, 7) is 2.56. The van der Waals surface area contributed by atoms with Crippen LogP contribution >= 0.6 is 0 Å². The van der Waals surface area contributed by atoms with Gasteiger partial charge in [-0.2, -0.15) is 0 Å². The number of amides is 1. The van der Waals surface area contributed by atoms with Crippen LogP contribution in [0.5, 0.6) is 0 Å². The molecular weight excluding hydrogens is 301 g/mol. The van der Waals surface area contributed by atoms with Gasteiger partial charge >= 0.3 is 5.97 Å². The summed E-state index contributed by atoms with van der Waals surface area (Å²) in [6.07, 6.45) is -0.238. The van der Waals surface area contributed by atoms with Crippen LogP contribution in [0.3, 0.4) is 0 Å². The van der Waals surface area contributed by atoms with Gasteiger partial charge in [-0.05, 0) is 31.2 Å². The van der Waals surface area contributed by atoms with E-state index in [1.807, 2.05) is 6.92 Å². The summed E-state index contributed by atoms with van der Waals surface area (Å²) in [5.74, 6) is -1.33. The Morgan fingerprint density at radius 2 is 1.96 bits per heavy atom. The van der Waals surface area contributed by atoms with Crippen molar-refractivity contribution in [2.75, 3.05) is 6.54 Å². The maximum Gasteiger partial charge on any atom is 0.332 e. The Labute approximate surface area is 134 Å². The molecule has 0 aromatic heterocycles. The molecule has 23 heavy (non-hydrogen) atoms. The van der Waals surface area contributed by atoms with E-state index < -0.39 is 18.2 Å². The van der Waals surface area contributed by atoms with Crippen molar-refractivity contribution in [2.45, 2.75) is 44.4 Å². The topological polar surface area (TPSA) is 66.8 Å². The number of carboxylic acids is 1. The van der Waals surface area contributed by atoms with Crippen LogP contribution in [-0.2, 0) is 14.3 Å². The lowest BCUT2D eigenvalue weighted by Crippen LogP contribution is -2.39. The van der Waals surface area contributed by atoms with Crippen LogP contribution in [0.15, 0.2) is 24.3 Å². The summed E-state index contributed by atoms with van der Waals surface area (Å²) in [4.78, 5) is 25.4. The van der Waals surface area contributed by atoms with Gasteiger partial charge < -0.3 is 14.7 Å². The second-order valence-electron chi connectivity index (χ2n) is 6.40. The van der Waals surface area contributed by atoms with Crippen molar-refractivity contribution in [3.05, 3.63) is 35.6 Å². The lowest BCUT2D eigenvalue weighted by Gasteiger charge is -2.27. The average Bonchev–Trinajstić information content (AvgIpc) is 3.14. The van der Waals surface area contributed by atoms with Crippen molar-refractivity contribution < 1.29 is 23.8 Å². The van der Waals surface area contributed by atoms with E-state index in [9.17, 15) is 14.0 Å². The van der Waals surface area contributed by atoms with E-state index in [0.717, 1.165) is 0 Å². The zero-order valence-electron chi connectivity index (χ0n) is 12.9. The molecule has 2 saturated heterocycles. The molecular formula is C17H20FNO4. The molecule has 4 atom stereocenters. The zero-order valence-corrected chi connectivity index (χ0v) is 12.9. The van der Waals surface area contributed by atoms with Crippen molar-refractivity contribution in [3.8, 4) is 0 Å². The van der Waals surface area contributed by atoms with Gasteiger partial charge in [0.15, 0.2) is 6.10 Å². The number of rotatable bonds is 3. The first-order chi connectivity index (χ1) is 11.0. The van der Waals surface area contributed by atoms with Crippen LogP contribution in [0.25, 0.3) is 0 Å². The fraction of sp³-hybridized carbons (Fsp3) is 0.529. The molecule has 0 radical (unpaired) electrons. The highest BCUT2D eigenvalue weighted by Gasteiger charge is 2.42. The van der Waals surface area contributed by atoms with Crippen LogP contribution in [0.4, 0.5) is 4.39 Å². The van der Waals surface area contributed by atoms with Crippen LogP contribution in [-0.4, -0.2) is 40.6 Å². The minimum absolute atomic E-state index is 0.230. The molecule has 0 bridgehead atoms. The van der Waals surface area contributed by atoms with E-state index >= 15 is 0 Å². The summed E-state index contributed by atoms with van der Waals surface area (Å²) in [7, 11) is 0. The van der Waals surface area contributed by atoms with Gasteiger partial charge in [0.1, 0.15) is 11.9 Å². The fourth-order valence-electron chi connectivity index (χ4n) is 3.52.